The van der Waals surface area contributed by atoms with Crippen LogP contribution < -0.4 is 5.32 Å². The second kappa shape index (κ2) is 13.5. The number of hydrogen-bond donors (Lipinski definition) is 3. The third-order valence-corrected chi connectivity index (χ3v) is 8.34. The van der Waals surface area contributed by atoms with Gasteiger partial charge in [-0.15, -0.1) is 0 Å². The molecule has 10 heteroatoms. The van der Waals surface area contributed by atoms with Crippen LogP contribution in [-0.4, -0.2) is 57.3 Å². The first-order chi connectivity index (χ1) is 19.2. The molecule has 9 nitrogen and oxygen atoms in total. The maximum absolute atomic E-state index is 13.4. The quantitative estimate of drug-likeness (QED) is 0.298. The lowest BCUT2D eigenvalue weighted by atomic mass is 9.93. The maximum Gasteiger partial charge on any atom is 0.411 e. The Morgan fingerprint density at radius 1 is 1.22 bits per heavy atom. The zero-order valence-electron chi connectivity index (χ0n) is 25.4. The van der Waals surface area contributed by atoms with Crippen LogP contribution in [0.15, 0.2) is 24.0 Å². The molecule has 1 aliphatic heterocycles. The third-order valence-electron chi connectivity index (χ3n) is 8.15. The van der Waals surface area contributed by atoms with E-state index in [0.717, 1.165) is 29.7 Å². The Labute approximate surface area is 248 Å². The zero-order chi connectivity index (χ0) is 30.6. The summed E-state index contributed by atoms with van der Waals surface area (Å²) < 4.78 is 11.5. The topological polar surface area (TPSA) is 121 Å². The predicted octanol–water partition coefficient (Wildman–Crippen LogP) is 6.11. The van der Waals surface area contributed by atoms with E-state index in [0.29, 0.717) is 42.0 Å². The third kappa shape index (κ3) is 7.55. The molecule has 0 spiro atoms. The van der Waals surface area contributed by atoms with Gasteiger partial charge in [-0.3, -0.25) is 14.5 Å². The number of ether oxygens (including phenoxy) is 2. The number of carbonyl (C=O) groups is 3. The number of rotatable bonds is 9. The Hall–Kier alpha value is -2.78. The molecule has 4 atom stereocenters. The molecule has 2 fully saturated rings. The Bertz CT molecular complexity index is 1180. The lowest BCUT2D eigenvalue weighted by Gasteiger charge is -2.33. The summed E-state index contributed by atoms with van der Waals surface area (Å²) in [5.74, 6) is -1.36. The summed E-state index contributed by atoms with van der Waals surface area (Å²) in [4.78, 5) is 43.4. The lowest BCUT2D eigenvalue weighted by molar-refractivity contribution is -0.152. The monoisotopic (exact) mass is 591 g/mol. The van der Waals surface area contributed by atoms with Gasteiger partial charge in [0.1, 0.15) is 12.2 Å². The SMILES string of the molecule is C=C(Cl)c1[nH]cc([C@H]2CC[C@@H](COC(=O)[C@H]3CC/C(=C(/NC(C)=O)C(CC)CC)[C@@H]3O)N2C(=O)OC(C)(C)C)c1C. The highest BCUT2D eigenvalue weighted by Gasteiger charge is 2.43. The van der Waals surface area contributed by atoms with Gasteiger partial charge in [0.05, 0.1) is 34.8 Å². The largest absolute Gasteiger partial charge is 0.463 e. The molecule has 2 heterocycles. The fourth-order valence-electron chi connectivity index (χ4n) is 6.10. The van der Waals surface area contributed by atoms with E-state index in [1.807, 2.05) is 47.7 Å². The van der Waals surface area contributed by atoms with Crippen molar-refractivity contribution in [1.82, 2.24) is 15.2 Å². The molecule has 1 aromatic rings. The number of halogens is 1. The second-order valence-electron chi connectivity index (χ2n) is 12.1. The Kier molecular flexibility index (Phi) is 10.7. The van der Waals surface area contributed by atoms with Crippen molar-refractivity contribution < 1.29 is 29.0 Å². The summed E-state index contributed by atoms with van der Waals surface area (Å²) in [5, 5.41) is 14.5. The number of allylic oxidation sites excluding steroid dienone is 1. The fourth-order valence-corrected chi connectivity index (χ4v) is 6.29. The van der Waals surface area contributed by atoms with Crippen LogP contribution >= 0.6 is 11.6 Å². The van der Waals surface area contributed by atoms with Gasteiger partial charge < -0.3 is 24.9 Å². The minimum absolute atomic E-state index is 0.0134. The van der Waals surface area contributed by atoms with Crippen molar-refractivity contribution in [2.75, 3.05) is 6.61 Å². The Balaban J connectivity index is 1.79. The first kappa shape index (κ1) is 32.7. The summed E-state index contributed by atoms with van der Waals surface area (Å²) in [6.45, 7) is 16.7. The molecule has 228 valence electrons. The lowest BCUT2D eigenvalue weighted by Crippen LogP contribution is -2.43. The maximum atomic E-state index is 13.4. The van der Waals surface area contributed by atoms with Crippen LogP contribution in [0, 0.1) is 18.8 Å². The highest BCUT2D eigenvalue weighted by Crippen LogP contribution is 2.41. The fraction of sp³-hybridized carbons (Fsp3) is 0.645. The highest BCUT2D eigenvalue weighted by molar-refractivity contribution is 6.48. The number of aromatic amines is 1. The molecule has 3 rings (SSSR count). The number of aromatic nitrogens is 1. The molecular formula is C31H46ClN3O6. The van der Waals surface area contributed by atoms with Gasteiger partial charge in [-0.1, -0.05) is 32.0 Å². The Morgan fingerprint density at radius 3 is 2.41 bits per heavy atom. The minimum atomic E-state index is -1.03. The normalized spacial score (nSPS) is 24.0. The van der Waals surface area contributed by atoms with E-state index in [4.69, 9.17) is 21.1 Å². The number of carbonyl (C=O) groups excluding carboxylic acids is 3. The average Bonchev–Trinajstić information content (AvgIpc) is 3.57. The molecule has 1 saturated heterocycles. The molecule has 0 unspecified atom stereocenters. The van der Waals surface area contributed by atoms with E-state index in [-0.39, 0.29) is 24.5 Å². The van der Waals surface area contributed by atoms with Crippen molar-refractivity contribution in [2.45, 2.75) is 111 Å². The van der Waals surface area contributed by atoms with Crippen LogP contribution in [0.3, 0.4) is 0 Å². The number of likely N-dealkylation sites (tertiary alicyclic amines) is 1. The molecule has 2 amide bonds. The van der Waals surface area contributed by atoms with Crippen molar-refractivity contribution in [2.24, 2.45) is 11.8 Å². The van der Waals surface area contributed by atoms with E-state index in [1.165, 1.54) is 6.92 Å². The summed E-state index contributed by atoms with van der Waals surface area (Å²) >= 11 is 6.16. The second-order valence-corrected chi connectivity index (χ2v) is 12.6. The van der Waals surface area contributed by atoms with Gasteiger partial charge in [-0.25, -0.2) is 4.79 Å². The zero-order valence-corrected chi connectivity index (χ0v) is 26.2. The number of nitrogens with one attached hydrogen (secondary N) is 2. The van der Waals surface area contributed by atoms with Crippen LogP contribution in [-0.2, 0) is 19.1 Å². The smallest absolute Gasteiger partial charge is 0.411 e. The summed E-state index contributed by atoms with van der Waals surface area (Å²) in [7, 11) is 0. The van der Waals surface area contributed by atoms with Gasteiger partial charge in [-0.2, -0.15) is 0 Å². The van der Waals surface area contributed by atoms with Gasteiger partial charge >= 0.3 is 12.1 Å². The molecule has 3 N–H and O–H groups in total. The van der Waals surface area contributed by atoms with E-state index in [1.54, 1.807) is 4.90 Å². The van der Waals surface area contributed by atoms with Gasteiger partial charge in [0.2, 0.25) is 5.91 Å². The van der Waals surface area contributed by atoms with Crippen molar-refractivity contribution >= 4 is 34.6 Å². The molecule has 0 bridgehead atoms. The number of esters is 1. The number of aliphatic hydroxyl groups excluding tert-OH is 1. The molecule has 2 aliphatic rings. The van der Waals surface area contributed by atoms with E-state index in [2.05, 4.69) is 16.9 Å². The van der Waals surface area contributed by atoms with Crippen molar-refractivity contribution in [3.05, 3.63) is 40.9 Å². The van der Waals surface area contributed by atoms with Crippen LogP contribution in [0.4, 0.5) is 4.79 Å². The summed E-state index contributed by atoms with van der Waals surface area (Å²) in [5.41, 5.74) is 3.25. The standard InChI is InChI=1S/C31H46ClN3O6/c1-9-20(10-2)27(34-19(5)36)22-12-13-23(28(22)37)29(38)40-16-21-11-14-25(35(21)30(39)41-31(6,7)8)24-15-33-26(17(24)3)18(4)32/h15,20-21,23,25,28,33,37H,4,9-14,16H2,1-3,5-8H3,(H,34,36)/b27-22-/t21-,23-,25+,28-/m0/s1. The summed E-state index contributed by atoms with van der Waals surface area (Å²) in [6.07, 6.45) is 4.13. The molecule has 0 radical (unpaired) electrons. The van der Waals surface area contributed by atoms with Crippen LogP contribution in [0.1, 0.15) is 103 Å². The predicted molar refractivity (Wildman–Crippen MR) is 159 cm³/mol. The number of H-pyrrole nitrogens is 1. The van der Waals surface area contributed by atoms with Crippen molar-refractivity contribution in [3.8, 4) is 0 Å². The van der Waals surface area contributed by atoms with Gasteiger partial charge in [0, 0.05) is 18.8 Å². The molecule has 0 aromatic carbocycles. The number of aliphatic hydroxyl groups is 1. The number of nitrogens with zero attached hydrogens (tertiary/aromatic N) is 1. The average molecular weight is 592 g/mol. The molecule has 1 aliphatic carbocycles. The minimum Gasteiger partial charge on any atom is -0.463 e. The molecule has 41 heavy (non-hydrogen) atoms. The van der Waals surface area contributed by atoms with Gasteiger partial charge in [0.25, 0.3) is 0 Å². The van der Waals surface area contributed by atoms with Crippen LogP contribution in [0.5, 0.6) is 0 Å². The van der Waals surface area contributed by atoms with Gasteiger partial charge in [-0.05, 0) is 88.8 Å². The summed E-state index contributed by atoms with van der Waals surface area (Å²) in [6, 6.07) is -0.690. The van der Waals surface area contributed by atoms with Crippen LogP contribution in [0.25, 0.3) is 5.03 Å². The number of hydrogen-bond acceptors (Lipinski definition) is 6. The van der Waals surface area contributed by atoms with Crippen molar-refractivity contribution in [3.63, 3.8) is 0 Å². The Morgan fingerprint density at radius 2 is 1.88 bits per heavy atom. The van der Waals surface area contributed by atoms with Crippen LogP contribution in [0.2, 0.25) is 0 Å². The van der Waals surface area contributed by atoms with Gasteiger partial charge in [0.15, 0.2) is 0 Å². The molecule has 1 aromatic heterocycles. The molecular weight excluding hydrogens is 546 g/mol. The van der Waals surface area contributed by atoms with Crippen molar-refractivity contribution in [1.29, 1.82) is 0 Å². The first-order valence-corrected chi connectivity index (χ1v) is 15.0. The van der Waals surface area contributed by atoms with E-state index >= 15 is 0 Å². The number of amides is 2. The molecule has 1 saturated carbocycles. The first-order valence-electron chi connectivity index (χ1n) is 14.6. The highest BCUT2D eigenvalue weighted by atomic mass is 35.5. The van der Waals surface area contributed by atoms with E-state index in [9.17, 15) is 19.5 Å². The van der Waals surface area contributed by atoms with E-state index < -0.39 is 35.7 Å².